The molecule has 0 aliphatic carbocycles. The van der Waals surface area contributed by atoms with Crippen LogP contribution in [0, 0.1) is 5.82 Å². The van der Waals surface area contributed by atoms with Crippen LogP contribution in [0.4, 0.5) is 4.39 Å². The molecule has 0 fully saturated rings. The summed E-state index contributed by atoms with van der Waals surface area (Å²) in [6.07, 6.45) is 4.76. The maximum Gasteiger partial charge on any atom is 0.303 e. The molecule has 7 heteroatoms. The van der Waals surface area contributed by atoms with Crippen molar-refractivity contribution in [3.63, 3.8) is 0 Å². The lowest BCUT2D eigenvalue weighted by Crippen LogP contribution is -2.16. The van der Waals surface area contributed by atoms with Crippen molar-refractivity contribution >= 4 is 18.1 Å². The van der Waals surface area contributed by atoms with Crippen molar-refractivity contribution in [2.75, 3.05) is 0 Å². The normalized spacial score (nSPS) is 10.8. The molecule has 148 valence electrons. The largest absolute Gasteiger partial charge is 0.481 e. The predicted octanol–water partition coefficient (Wildman–Crippen LogP) is 4.49. The number of rotatable bonds is 11. The highest BCUT2D eigenvalue weighted by Gasteiger charge is 2.06. The topological polar surface area (TPSA) is 88.0 Å². The summed E-state index contributed by atoms with van der Waals surface area (Å²) in [6.45, 7) is 0. The summed E-state index contributed by atoms with van der Waals surface area (Å²) in [7, 11) is 0. The van der Waals surface area contributed by atoms with E-state index in [2.05, 4.69) is 10.5 Å². The number of carbonyl (C=O) groups excluding carboxylic acids is 1. The van der Waals surface area contributed by atoms with Crippen molar-refractivity contribution in [3.8, 4) is 11.5 Å². The minimum absolute atomic E-state index is 0.0721. The van der Waals surface area contributed by atoms with Gasteiger partial charge in [0.25, 0.3) is 0 Å². The summed E-state index contributed by atoms with van der Waals surface area (Å²) in [5.41, 5.74) is 3.01. The molecule has 1 amide bonds. The minimum atomic E-state index is -0.801. The number of para-hydroxylation sites is 1. The van der Waals surface area contributed by atoms with Crippen LogP contribution >= 0.6 is 0 Å². The van der Waals surface area contributed by atoms with E-state index in [1.54, 1.807) is 24.3 Å². The van der Waals surface area contributed by atoms with Gasteiger partial charge in [-0.05, 0) is 42.7 Å². The minimum Gasteiger partial charge on any atom is -0.481 e. The number of carbonyl (C=O) groups is 2. The third kappa shape index (κ3) is 7.99. The van der Waals surface area contributed by atoms with Crippen LogP contribution < -0.4 is 10.2 Å². The molecule has 0 heterocycles. The van der Waals surface area contributed by atoms with Crippen LogP contribution in [0.2, 0.25) is 0 Å². The number of halogens is 1. The SMILES string of the molecule is O=C(O)CCCCCCC(=O)N/N=C/c1ccc(F)c(Oc2ccccc2)c1. The number of aliphatic carboxylic acids is 1. The Kier molecular flexibility index (Phi) is 8.65. The average molecular weight is 386 g/mol. The van der Waals surface area contributed by atoms with Gasteiger partial charge in [0.2, 0.25) is 5.91 Å². The number of carboxylic acid groups (broad SMARTS) is 1. The zero-order valence-electron chi connectivity index (χ0n) is 15.4. The smallest absolute Gasteiger partial charge is 0.303 e. The van der Waals surface area contributed by atoms with Gasteiger partial charge < -0.3 is 9.84 Å². The lowest BCUT2D eigenvalue weighted by atomic mass is 10.1. The maximum atomic E-state index is 13.9. The fourth-order valence-corrected chi connectivity index (χ4v) is 2.44. The molecule has 0 aromatic heterocycles. The van der Waals surface area contributed by atoms with E-state index in [4.69, 9.17) is 9.84 Å². The number of nitrogens with one attached hydrogen (secondary N) is 1. The van der Waals surface area contributed by atoms with E-state index >= 15 is 0 Å². The van der Waals surface area contributed by atoms with Gasteiger partial charge in [-0.1, -0.05) is 37.1 Å². The second-order valence-electron chi connectivity index (χ2n) is 6.21. The van der Waals surface area contributed by atoms with Gasteiger partial charge in [0, 0.05) is 12.8 Å². The summed E-state index contributed by atoms with van der Waals surface area (Å²) >= 11 is 0. The van der Waals surface area contributed by atoms with E-state index in [1.807, 2.05) is 6.07 Å². The quantitative estimate of drug-likeness (QED) is 0.338. The van der Waals surface area contributed by atoms with Gasteiger partial charge in [0.05, 0.1) is 6.21 Å². The van der Waals surface area contributed by atoms with Crippen LogP contribution in [0.15, 0.2) is 53.6 Å². The number of unbranched alkanes of at least 4 members (excludes halogenated alkanes) is 3. The number of nitrogens with zero attached hydrogens (tertiary/aromatic N) is 1. The second-order valence-corrected chi connectivity index (χ2v) is 6.21. The number of hydrogen-bond donors (Lipinski definition) is 2. The van der Waals surface area contributed by atoms with Gasteiger partial charge in [0.1, 0.15) is 5.75 Å². The third-order valence-corrected chi connectivity index (χ3v) is 3.87. The Hall–Kier alpha value is -3.22. The van der Waals surface area contributed by atoms with E-state index in [0.29, 0.717) is 30.6 Å². The Bertz CT molecular complexity index is 809. The second kappa shape index (κ2) is 11.5. The molecule has 0 bridgehead atoms. The summed E-state index contributed by atoms with van der Waals surface area (Å²) in [5, 5.41) is 12.4. The van der Waals surface area contributed by atoms with Crippen LogP contribution in [0.25, 0.3) is 0 Å². The van der Waals surface area contributed by atoms with E-state index in [-0.39, 0.29) is 18.1 Å². The monoisotopic (exact) mass is 386 g/mol. The van der Waals surface area contributed by atoms with E-state index in [1.165, 1.54) is 24.4 Å². The summed E-state index contributed by atoms with van der Waals surface area (Å²) in [6, 6.07) is 13.2. The highest BCUT2D eigenvalue weighted by molar-refractivity contribution is 5.82. The molecule has 0 unspecified atom stereocenters. The van der Waals surface area contributed by atoms with Gasteiger partial charge >= 0.3 is 5.97 Å². The van der Waals surface area contributed by atoms with E-state index < -0.39 is 11.8 Å². The maximum absolute atomic E-state index is 13.9. The summed E-state index contributed by atoms with van der Waals surface area (Å²) < 4.78 is 19.4. The molecular weight excluding hydrogens is 363 g/mol. The lowest BCUT2D eigenvalue weighted by molar-refractivity contribution is -0.137. The molecule has 2 aromatic carbocycles. The molecule has 0 aliphatic heterocycles. The zero-order valence-corrected chi connectivity index (χ0v) is 15.4. The van der Waals surface area contributed by atoms with Crippen molar-refractivity contribution in [3.05, 3.63) is 59.9 Å². The van der Waals surface area contributed by atoms with Crippen molar-refractivity contribution in [1.82, 2.24) is 5.43 Å². The first kappa shape index (κ1) is 21.1. The molecule has 0 saturated carbocycles. The molecule has 0 aliphatic rings. The first-order valence-electron chi connectivity index (χ1n) is 9.11. The van der Waals surface area contributed by atoms with Gasteiger partial charge in [-0.25, -0.2) is 9.82 Å². The molecule has 2 rings (SSSR count). The summed E-state index contributed by atoms with van der Waals surface area (Å²) in [5.74, 6) is -0.925. The highest BCUT2D eigenvalue weighted by Crippen LogP contribution is 2.24. The third-order valence-electron chi connectivity index (χ3n) is 3.87. The van der Waals surface area contributed by atoms with Crippen LogP contribution in [0.1, 0.15) is 44.1 Å². The van der Waals surface area contributed by atoms with Crippen LogP contribution in [0.3, 0.4) is 0 Å². The molecular formula is C21H23FN2O4. The Morgan fingerprint density at radius 2 is 1.75 bits per heavy atom. The molecule has 0 radical (unpaired) electrons. The van der Waals surface area contributed by atoms with Gasteiger partial charge in [-0.3, -0.25) is 9.59 Å². The molecule has 2 aromatic rings. The average Bonchev–Trinajstić information content (AvgIpc) is 2.67. The lowest BCUT2D eigenvalue weighted by Gasteiger charge is -2.07. The number of benzene rings is 2. The molecule has 6 nitrogen and oxygen atoms in total. The van der Waals surface area contributed by atoms with Crippen molar-refractivity contribution in [1.29, 1.82) is 0 Å². The van der Waals surface area contributed by atoms with Gasteiger partial charge in [-0.15, -0.1) is 0 Å². The fraction of sp³-hybridized carbons (Fsp3) is 0.286. The highest BCUT2D eigenvalue weighted by atomic mass is 19.1. The first-order chi connectivity index (χ1) is 13.5. The van der Waals surface area contributed by atoms with Crippen molar-refractivity contribution < 1.29 is 23.8 Å². The van der Waals surface area contributed by atoms with Crippen LogP contribution in [-0.2, 0) is 9.59 Å². The van der Waals surface area contributed by atoms with Crippen molar-refractivity contribution in [2.45, 2.75) is 38.5 Å². The van der Waals surface area contributed by atoms with Gasteiger partial charge in [-0.2, -0.15) is 5.10 Å². The van der Waals surface area contributed by atoms with E-state index in [0.717, 1.165) is 12.8 Å². The molecule has 0 spiro atoms. The van der Waals surface area contributed by atoms with Gasteiger partial charge in [0.15, 0.2) is 11.6 Å². The summed E-state index contributed by atoms with van der Waals surface area (Å²) in [4.78, 5) is 22.1. The molecule has 2 N–H and O–H groups in total. The fourth-order valence-electron chi connectivity index (χ4n) is 2.44. The molecule has 0 saturated heterocycles. The van der Waals surface area contributed by atoms with Crippen molar-refractivity contribution in [2.24, 2.45) is 5.10 Å². The number of hydrogen-bond acceptors (Lipinski definition) is 4. The molecule has 28 heavy (non-hydrogen) atoms. The number of carboxylic acids is 1. The first-order valence-corrected chi connectivity index (χ1v) is 9.11. The Morgan fingerprint density at radius 3 is 2.46 bits per heavy atom. The predicted molar refractivity (Wildman–Crippen MR) is 104 cm³/mol. The Balaban J connectivity index is 1.76. The Morgan fingerprint density at radius 1 is 1.04 bits per heavy atom. The number of hydrazone groups is 1. The number of amides is 1. The standard InChI is InChI=1S/C21H23FN2O4/c22-18-13-12-16(14-19(18)28-17-8-4-3-5-9-17)15-23-24-20(25)10-6-1-2-7-11-21(26)27/h3-5,8-9,12-15H,1-2,6-7,10-11H2,(H,24,25)(H,26,27)/b23-15+. The van der Waals surface area contributed by atoms with Crippen LogP contribution in [-0.4, -0.2) is 23.2 Å². The number of ether oxygens (including phenoxy) is 1. The molecule has 0 atom stereocenters. The zero-order chi connectivity index (χ0) is 20.2. The Labute approximate surface area is 163 Å². The van der Waals surface area contributed by atoms with Crippen LogP contribution in [0.5, 0.6) is 11.5 Å². The van der Waals surface area contributed by atoms with E-state index in [9.17, 15) is 14.0 Å².